The van der Waals surface area contributed by atoms with Crippen LogP contribution in [0.15, 0.2) is 16.8 Å². The van der Waals surface area contributed by atoms with Crippen molar-refractivity contribution in [3.8, 4) is 0 Å². The lowest BCUT2D eigenvalue weighted by Crippen LogP contribution is -2.08. The van der Waals surface area contributed by atoms with Gasteiger partial charge in [-0.15, -0.1) is 0 Å². The lowest BCUT2D eigenvalue weighted by atomic mass is 10.0. The normalized spacial score (nSPS) is 17.5. The highest BCUT2D eigenvalue weighted by atomic mass is 14.9. The monoisotopic (exact) mass is 138 g/mol. The Kier molecular flexibility index (Phi) is 2.10. The molecule has 0 saturated carbocycles. The van der Waals surface area contributed by atoms with Crippen LogP contribution in [0.5, 0.6) is 0 Å². The zero-order valence-corrected chi connectivity index (χ0v) is 6.59. The van der Waals surface area contributed by atoms with Crippen molar-refractivity contribution in [2.75, 3.05) is 0 Å². The predicted molar refractivity (Wildman–Crippen MR) is 43.8 cm³/mol. The number of aliphatic imine (C=N–C) groups is 1. The van der Waals surface area contributed by atoms with Crippen LogP contribution in [0.4, 0.5) is 0 Å². The molecule has 2 heteroatoms. The third kappa shape index (κ3) is 1.87. The van der Waals surface area contributed by atoms with Gasteiger partial charge in [0.15, 0.2) is 0 Å². The van der Waals surface area contributed by atoms with Crippen LogP contribution >= 0.6 is 0 Å². The Morgan fingerprint density at radius 1 is 1.70 bits per heavy atom. The Bertz CT molecular complexity index is 178. The molecule has 0 aromatic carbocycles. The van der Waals surface area contributed by atoms with E-state index in [-0.39, 0.29) is 0 Å². The van der Waals surface area contributed by atoms with Gasteiger partial charge < -0.3 is 5.73 Å². The van der Waals surface area contributed by atoms with E-state index < -0.39 is 0 Å². The Hall–Kier alpha value is -0.790. The molecule has 0 spiro atoms. The fourth-order valence-electron chi connectivity index (χ4n) is 1.15. The largest absolute Gasteiger partial charge is 0.387 e. The van der Waals surface area contributed by atoms with Crippen molar-refractivity contribution in [3.05, 3.63) is 11.8 Å². The van der Waals surface area contributed by atoms with Crippen molar-refractivity contribution in [2.45, 2.75) is 26.7 Å². The molecule has 0 atom stereocenters. The summed E-state index contributed by atoms with van der Waals surface area (Å²) in [6.45, 7) is 4.41. The second kappa shape index (κ2) is 2.86. The highest BCUT2D eigenvalue weighted by Gasteiger charge is 2.07. The molecule has 0 aliphatic carbocycles. The van der Waals surface area contributed by atoms with Crippen molar-refractivity contribution < 1.29 is 0 Å². The summed E-state index contributed by atoms with van der Waals surface area (Å²) < 4.78 is 0. The number of hydrogen-bond acceptors (Lipinski definition) is 2. The van der Waals surface area contributed by atoms with Crippen LogP contribution in [0.2, 0.25) is 0 Å². The summed E-state index contributed by atoms with van der Waals surface area (Å²) in [5.41, 5.74) is 6.87. The fourth-order valence-corrected chi connectivity index (χ4v) is 1.15. The number of rotatable bonds is 2. The van der Waals surface area contributed by atoms with Gasteiger partial charge in [0.05, 0.1) is 0 Å². The Morgan fingerprint density at radius 2 is 2.40 bits per heavy atom. The fraction of sp³-hybridized carbons (Fsp3) is 0.625. The third-order valence-electron chi connectivity index (χ3n) is 1.49. The first kappa shape index (κ1) is 7.32. The van der Waals surface area contributed by atoms with E-state index in [9.17, 15) is 0 Å². The first-order chi connectivity index (χ1) is 4.68. The highest BCUT2D eigenvalue weighted by Crippen LogP contribution is 2.17. The minimum atomic E-state index is 0.715. The van der Waals surface area contributed by atoms with Gasteiger partial charge in [-0.1, -0.05) is 13.8 Å². The smallest absolute Gasteiger partial charge is 0.103 e. The standard InChI is InChI=1S/C8H14N2/c1-6(2)3-7-4-8(9)10-5-7/h5-6H,3-4H2,1-2H3,(H2,9,10). The molecule has 0 radical (unpaired) electrons. The van der Waals surface area contributed by atoms with Crippen LogP contribution in [0.1, 0.15) is 26.7 Å². The van der Waals surface area contributed by atoms with E-state index >= 15 is 0 Å². The molecule has 1 aliphatic heterocycles. The van der Waals surface area contributed by atoms with E-state index in [0.29, 0.717) is 5.92 Å². The molecule has 0 unspecified atom stereocenters. The van der Waals surface area contributed by atoms with Gasteiger partial charge in [0, 0.05) is 12.6 Å². The molecular weight excluding hydrogens is 124 g/mol. The van der Waals surface area contributed by atoms with Crippen LogP contribution in [0.25, 0.3) is 0 Å². The number of nitrogens with zero attached hydrogens (tertiary/aromatic N) is 1. The molecule has 0 aromatic heterocycles. The average Bonchev–Trinajstić information content (AvgIpc) is 2.13. The summed E-state index contributed by atoms with van der Waals surface area (Å²) >= 11 is 0. The molecule has 0 amide bonds. The number of amidine groups is 1. The van der Waals surface area contributed by atoms with Crippen LogP contribution < -0.4 is 5.73 Å². The van der Waals surface area contributed by atoms with Crippen molar-refractivity contribution in [1.82, 2.24) is 0 Å². The summed E-state index contributed by atoms with van der Waals surface area (Å²) in [5.74, 6) is 1.48. The van der Waals surface area contributed by atoms with E-state index in [4.69, 9.17) is 5.73 Å². The molecule has 56 valence electrons. The van der Waals surface area contributed by atoms with Crippen molar-refractivity contribution >= 4 is 5.84 Å². The first-order valence-corrected chi connectivity index (χ1v) is 3.68. The van der Waals surface area contributed by atoms with Crippen molar-refractivity contribution in [1.29, 1.82) is 0 Å². The summed E-state index contributed by atoms with van der Waals surface area (Å²) in [5, 5.41) is 0. The Morgan fingerprint density at radius 3 is 2.80 bits per heavy atom. The van der Waals surface area contributed by atoms with Gasteiger partial charge in [-0.2, -0.15) is 0 Å². The molecular formula is C8H14N2. The lowest BCUT2D eigenvalue weighted by Gasteiger charge is -2.03. The van der Waals surface area contributed by atoms with E-state index in [1.807, 2.05) is 6.20 Å². The summed E-state index contributed by atoms with van der Waals surface area (Å²) in [4.78, 5) is 4.00. The number of nitrogens with two attached hydrogens (primary N) is 1. The molecule has 0 fully saturated rings. The second-order valence-corrected chi connectivity index (χ2v) is 3.18. The molecule has 0 saturated heterocycles. The maximum absolute atomic E-state index is 5.50. The van der Waals surface area contributed by atoms with Gasteiger partial charge in [0.1, 0.15) is 5.84 Å². The molecule has 1 aliphatic rings. The Labute approximate surface area is 61.8 Å². The predicted octanol–water partition coefficient (Wildman–Crippen LogP) is 1.68. The summed E-state index contributed by atoms with van der Waals surface area (Å²) in [6, 6.07) is 0. The molecule has 1 rings (SSSR count). The second-order valence-electron chi connectivity index (χ2n) is 3.18. The van der Waals surface area contributed by atoms with Crippen LogP contribution in [-0.4, -0.2) is 5.84 Å². The minimum Gasteiger partial charge on any atom is -0.387 e. The van der Waals surface area contributed by atoms with Gasteiger partial charge in [0.2, 0.25) is 0 Å². The molecule has 2 nitrogen and oxygen atoms in total. The van der Waals surface area contributed by atoms with Gasteiger partial charge >= 0.3 is 0 Å². The summed E-state index contributed by atoms with van der Waals surface area (Å²) in [6.07, 6.45) is 3.91. The SMILES string of the molecule is CC(C)CC1=CN=C(N)C1. The van der Waals surface area contributed by atoms with Crippen molar-refractivity contribution in [2.24, 2.45) is 16.6 Å². The maximum Gasteiger partial charge on any atom is 0.103 e. The highest BCUT2D eigenvalue weighted by molar-refractivity contribution is 5.85. The minimum absolute atomic E-state index is 0.715. The van der Waals surface area contributed by atoms with Gasteiger partial charge in [-0.3, -0.25) is 0 Å². The topological polar surface area (TPSA) is 38.4 Å². The van der Waals surface area contributed by atoms with Crippen molar-refractivity contribution in [3.63, 3.8) is 0 Å². The zero-order chi connectivity index (χ0) is 7.56. The molecule has 10 heavy (non-hydrogen) atoms. The van der Waals surface area contributed by atoms with E-state index in [1.54, 1.807) is 0 Å². The number of hydrogen-bond donors (Lipinski definition) is 1. The quantitative estimate of drug-likeness (QED) is 0.619. The van der Waals surface area contributed by atoms with Crippen LogP contribution in [0, 0.1) is 5.92 Å². The summed E-state index contributed by atoms with van der Waals surface area (Å²) in [7, 11) is 0. The maximum atomic E-state index is 5.50. The molecule has 0 bridgehead atoms. The van der Waals surface area contributed by atoms with Crippen LogP contribution in [0.3, 0.4) is 0 Å². The molecule has 1 heterocycles. The van der Waals surface area contributed by atoms with E-state index in [0.717, 1.165) is 18.7 Å². The van der Waals surface area contributed by atoms with Crippen LogP contribution in [-0.2, 0) is 0 Å². The lowest BCUT2D eigenvalue weighted by molar-refractivity contribution is 0.638. The van der Waals surface area contributed by atoms with Gasteiger partial charge in [-0.25, -0.2) is 4.99 Å². The first-order valence-electron chi connectivity index (χ1n) is 3.68. The van der Waals surface area contributed by atoms with Gasteiger partial charge in [-0.05, 0) is 17.9 Å². The zero-order valence-electron chi connectivity index (χ0n) is 6.59. The molecule has 0 aromatic rings. The van der Waals surface area contributed by atoms with Gasteiger partial charge in [0.25, 0.3) is 0 Å². The van der Waals surface area contributed by atoms with E-state index in [2.05, 4.69) is 18.8 Å². The van der Waals surface area contributed by atoms with E-state index in [1.165, 1.54) is 5.57 Å². The molecule has 2 N–H and O–H groups in total. The average molecular weight is 138 g/mol. The Balaban J connectivity index is 2.35. The third-order valence-corrected chi connectivity index (χ3v) is 1.49.